The highest BCUT2D eigenvalue weighted by molar-refractivity contribution is 8.05. The molecule has 3 heteroatoms. The summed E-state index contributed by atoms with van der Waals surface area (Å²) in [5, 5.41) is 2.92. The molecule has 0 saturated heterocycles. The maximum Gasteiger partial charge on any atom is 0.0447 e. The molecule has 0 N–H and O–H groups in total. The number of hydrogen-bond acceptors (Lipinski definition) is 2. The minimum atomic E-state index is 0.285. The van der Waals surface area contributed by atoms with Crippen molar-refractivity contribution in [1.82, 2.24) is 4.90 Å². The molecule has 0 aromatic carbocycles. The lowest BCUT2D eigenvalue weighted by molar-refractivity contribution is 0.247. The van der Waals surface area contributed by atoms with Crippen molar-refractivity contribution in [2.75, 3.05) is 13.1 Å². The minimum Gasteiger partial charge on any atom is -0.292 e. The molecule has 0 bridgehead atoms. The Balaban J connectivity index is 0.00000106. The number of nitrogens with zero attached hydrogens (tertiary/aromatic N) is 1. The quantitative estimate of drug-likeness (QED) is 0.595. The molecule has 21 heavy (non-hydrogen) atoms. The largest absolute Gasteiger partial charge is 0.292 e. The predicted molar refractivity (Wildman–Crippen MR) is 98.6 cm³/mol. The van der Waals surface area contributed by atoms with Gasteiger partial charge in [-0.05, 0) is 41.2 Å². The highest BCUT2D eigenvalue weighted by Crippen LogP contribution is 2.35. The molecule has 2 heterocycles. The van der Waals surface area contributed by atoms with E-state index in [0.29, 0.717) is 5.03 Å². The first-order valence-corrected chi connectivity index (χ1v) is 8.84. The fourth-order valence-corrected chi connectivity index (χ4v) is 3.70. The lowest BCUT2D eigenvalue weighted by Crippen LogP contribution is -2.39. The number of halogens is 1. The third-order valence-corrected chi connectivity index (χ3v) is 5.24. The molecule has 1 atom stereocenters. The highest BCUT2D eigenvalue weighted by atomic mass is 35.5. The van der Waals surface area contributed by atoms with Crippen molar-refractivity contribution >= 4 is 23.4 Å². The predicted octanol–water partition coefficient (Wildman–Crippen LogP) is 5.88. The number of hydrogen-bond donors (Lipinski definition) is 0. The van der Waals surface area contributed by atoms with E-state index in [-0.39, 0.29) is 6.04 Å². The zero-order chi connectivity index (χ0) is 15.8. The third-order valence-electron chi connectivity index (χ3n) is 3.76. The molecular formula is C18H26ClNS. The van der Waals surface area contributed by atoms with Crippen LogP contribution in [0, 0.1) is 0 Å². The Bertz CT molecular complexity index is 474. The smallest absolute Gasteiger partial charge is 0.0447 e. The summed E-state index contributed by atoms with van der Waals surface area (Å²) < 4.78 is 0. The third kappa shape index (κ3) is 4.64. The van der Waals surface area contributed by atoms with Gasteiger partial charge in [0.25, 0.3) is 0 Å². The molecule has 0 spiro atoms. The summed E-state index contributed by atoms with van der Waals surface area (Å²) in [6, 6.07) is 0.285. The first kappa shape index (κ1) is 18.3. The Hall–Kier alpha value is -0.700. The van der Waals surface area contributed by atoms with Gasteiger partial charge in [0.2, 0.25) is 0 Å². The average Bonchev–Trinajstić information content (AvgIpc) is 2.56. The Labute approximate surface area is 139 Å². The van der Waals surface area contributed by atoms with E-state index >= 15 is 0 Å². The molecule has 0 unspecified atom stereocenters. The molecular weight excluding hydrogens is 298 g/mol. The fourth-order valence-electron chi connectivity index (χ4n) is 2.59. The Morgan fingerprint density at radius 2 is 2.10 bits per heavy atom. The van der Waals surface area contributed by atoms with Gasteiger partial charge in [0, 0.05) is 24.2 Å². The molecule has 0 aliphatic carbocycles. The second kappa shape index (κ2) is 9.34. The first-order chi connectivity index (χ1) is 10.2. The van der Waals surface area contributed by atoms with Crippen molar-refractivity contribution in [2.24, 2.45) is 0 Å². The second-order valence-corrected chi connectivity index (χ2v) is 6.24. The van der Waals surface area contributed by atoms with Gasteiger partial charge in [0.1, 0.15) is 0 Å². The van der Waals surface area contributed by atoms with E-state index in [1.165, 1.54) is 0 Å². The van der Waals surface area contributed by atoms with Crippen molar-refractivity contribution in [3.63, 3.8) is 0 Å². The minimum absolute atomic E-state index is 0.285. The van der Waals surface area contributed by atoms with Crippen LogP contribution >= 0.6 is 23.4 Å². The van der Waals surface area contributed by atoms with Gasteiger partial charge in [0.15, 0.2) is 0 Å². The van der Waals surface area contributed by atoms with Gasteiger partial charge in [-0.15, -0.1) is 11.8 Å². The van der Waals surface area contributed by atoms with Gasteiger partial charge in [-0.3, -0.25) is 4.90 Å². The normalized spacial score (nSPS) is 20.8. The van der Waals surface area contributed by atoms with E-state index in [4.69, 9.17) is 11.6 Å². The first-order valence-electron chi connectivity index (χ1n) is 7.58. The van der Waals surface area contributed by atoms with Gasteiger partial charge < -0.3 is 0 Å². The van der Waals surface area contributed by atoms with Gasteiger partial charge >= 0.3 is 0 Å². The maximum atomic E-state index is 6.22. The average molecular weight is 324 g/mol. The molecule has 0 aromatic rings. The van der Waals surface area contributed by atoms with E-state index in [2.05, 4.69) is 36.5 Å². The highest BCUT2D eigenvalue weighted by Gasteiger charge is 2.25. The number of allylic oxidation sites excluding steroid dienone is 3. The van der Waals surface area contributed by atoms with E-state index in [1.54, 1.807) is 16.6 Å². The monoisotopic (exact) mass is 323 g/mol. The van der Waals surface area contributed by atoms with Crippen LogP contribution in [0.4, 0.5) is 0 Å². The molecule has 0 fully saturated rings. The van der Waals surface area contributed by atoms with Crippen molar-refractivity contribution in [3.05, 3.63) is 57.9 Å². The molecule has 2 rings (SSSR count). The molecule has 1 nitrogen and oxygen atoms in total. The van der Waals surface area contributed by atoms with Crippen molar-refractivity contribution in [1.29, 1.82) is 0 Å². The molecule has 116 valence electrons. The van der Waals surface area contributed by atoms with Crippen molar-refractivity contribution in [3.8, 4) is 0 Å². The molecule has 0 aromatic heterocycles. The van der Waals surface area contributed by atoms with Crippen LogP contribution in [-0.2, 0) is 0 Å². The Kier molecular flexibility index (Phi) is 8.16. The van der Waals surface area contributed by atoms with Crippen LogP contribution in [0.2, 0.25) is 0 Å². The van der Waals surface area contributed by atoms with Gasteiger partial charge in [-0.1, -0.05) is 56.8 Å². The summed E-state index contributed by atoms with van der Waals surface area (Å²) in [4.78, 5) is 4.03. The lowest BCUT2D eigenvalue weighted by atomic mass is 10.0. The molecule has 2 aliphatic rings. The van der Waals surface area contributed by atoms with Crippen LogP contribution in [0.3, 0.4) is 0 Å². The summed E-state index contributed by atoms with van der Waals surface area (Å²) in [5.74, 6) is 0. The number of thioether (sulfide) groups is 1. The maximum absolute atomic E-state index is 6.22. The summed E-state index contributed by atoms with van der Waals surface area (Å²) in [6.07, 6.45) is 8.04. The Morgan fingerprint density at radius 3 is 2.71 bits per heavy atom. The van der Waals surface area contributed by atoms with Crippen LogP contribution in [-0.4, -0.2) is 24.0 Å². The van der Waals surface area contributed by atoms with Gasteiger partial charge in [-0.2, -0.15) is 0 Å². The lowest BCUT2D eigenvalue weighted by Gasteiger charge is -2.36. The summed E-state index contributed by atoms with van der Waals surface area (Å²) in [7, 11) is 0. The number of rotatable bonds is 4. The fraction of sp³-hybridized carbons (Fsp3) is 0.444. The van der Waals surface area contributed by atoms with E-state index < -0.39 is 0 Å². The summed E-state index contributed by atoms with van der Waals surface area (Å²) >= 11 is 8.10. The Morgan fingerprint density at radius 1 is 1.38 bits per heavy atom. The molecule has 2 aliphatic heterocycles. The topological polar surface area (TPSA) is 3.24 Å². The van der Waals surface area contributed by atoms with Crippen LogP contribution in [0.25, 0.3) is 0 Å². The zero-order valence-electron chi connectivity index (χ0n) is 13.4. The van der Waals surface area contributed by atoms with Crippen LogP contribution in [0.1, 0.15) is 33.6 Å². The van der Waals surface area contributed by atoms with Crippen LogP contribution in [0.15, 0.2) is 57.9 Å². The summed E-state index contributed by atoms with van der Waals surface area (Å²) in [5.41, 5.74) is 2.63. The summed E-state index contributed by atoms with van der Waals surface area (Å²) in [6.45, 7) is 15.9. The van der Waals surface area contributed by atoms with Crippen LogP contribution < -0.4 is 0 Å². The van der Waals surface area contributed by atoms with Crippen molar-refractivity contribution in [2.45, 2.75) is 39.7 Å². The second-order valence-electron chi connectivity index (χ2n) is 4.83. The molecule has 0 radical (unpaired) electrons. The standard InChI is InChI=1S/C16H20ClNS.C2H6/c1-4-14(15(17)5-2)12(3)18-9-8-16-13(11-18)7-6-10-19-16;1-2/h4-6,10,12H,1-2,7-9,11H2,3H3;1-2H3/b15-14-;/t12-;/m0./s1. The molecule has 0 saturated carbocycles. The zero-order valence-corrected chi connectivity index (χ0v) is 14.9. The SMILES string of the molecule is C=C/C(Cl)=C(\C=C)[C@H](C)N1CCC2=C(CC=CS2)C1.CC. The van der Waals surface area contributed by atoms with Crippen molar-refractivity contribution < 1.29 is 0 Å². The molecule has 0 amide bonds. The van der Waals surface area contributed by atoms with Gasteiger partial charge in [0.05, 0.1) is 0 Å². The van der Waals surface area contributed by atoms with E-state index in [9.17, 15) is 0 Å². The van der Waals surface area contributed by atoms with Crippen LogP contribution in [0.5, 0.6) is 0 Å². The van der Waals surface area contributed by atoms with E-state index in [1.807, 2.05) is 31.7 Å². The van der Waals surface area contributed by atoms with Gasteiger partial charge in [-0.25, -0.2) is 0 Å². The van der Waals surface area contributed by atoms with E-state index in [0.717, 1.165) is 31.5 Å².